The van der Waals surface area contributed by atoms with Crippen LogP contribution in [-0.2, 0) is 0 Å². The van der Waals surface area contributed by atoms with E-state index in [-0.39, 0.29) is 11.8 Å². The number of hydrogen-bond donors (Lipinski definition) is 3. The lowest BCUT2D eigenvalue weighted by Gasteiger charge is -2.09. The molecule has 4 aromatic rings. The molecule has 0 spiro atoms. The van der Waals surface area contributed by atoms with E-state index in [0.717, 1.165) is 35.0 Å². The van der Waals surface area contributed by atoms with Gasteiger partial charge in [-0.15, -0.1) is 0 Å². The predicted octanol–water partition coefficient (Wildman–Crippen LogP) is 5.57. The van der Waals surface area contributed by atoms with E-state index in [1.54, 1.807) is 6.07 Å². The molecule has 5 nitrogen and oxygen atoms in total. The number of nitrogens with zero attached hydrogens (tertiary/aromatic N) is 1. The summed E-state index contributed by atoms with van der Waals surface area (Å²) >= 11 is 0. The van der Waals surface area contributed by atoms with Gasteiger partial charge in [-0.3, -0.25) is 4.79 Å². The molecule has 156 valence electrons. The van der Waals surface area contributed by atoms with E-state index in [4.69, 9.17) is 4.99 Å². The molecule has 4 rings (SSSR count). The lowest BCUT2D eigenvalue weighted by atomic mass is 9.99. The lowest BCUT2D eigenvalue weighted by Crippen LogP contribution is -2.24. The number of carbonyl (C=O) groups is 1. The van der Waals surface area contributed by atoms with Crippen LogP contribution in [0.4, 0.5) is 5.69 Å². The maximum absolute atomic E-state index is 12.6. The maximum atomic E-state index is 12.6. The van der Waals surface area contributed by atoms with Crippen LogP contribution in [0.5, 0.6) is 5.88 Å². The monoisotopic (exact) mass is 411 g/mol. The van der Waals surface area contributed by atoms with E-state index < -0.39 is 0 Å². The van der Waals surface area contributed by atoms with Gasteiger partial charge in [-0.2, -0.15) is 0 Å². The molecule has 0 unspecified atom stereocenters. The molecule has 3 aromatic carbocycles. The Morgan fingerprint density at radius 2 is 1.68 bits per heavy atom. The first-order valence-corrected chi connectivity index (χ1v) is 10.5. The van der Waals surface area contributed by atoms with Crippen molar-refractivity contribution in [3.63, 3.8) is 0 Å². The van der Waals surface area contributed by atoms with Gasteiger partial charge in [0.25, 0.3) is 5.91 Å². The van der Waals surface area contributed by atoms with Crippen molar-refractivity contribution in [2.75, 3.05) is 6.54 Å². The van der Waals surface area contributed by atoms with E-state index in [1.165, 1.54) is 0 Å². The van der Waals surface area contributed by atoms with Crippen molar-refractivity contribution in [1.82, 2.24) is 10.3 Å². The molecule has 3 N–H and O–H groups in total. The van der Waals surface area contributed by atoms with Crippen molar-refractivity contribution in [3.05, 3.63) is 95.6 Å². The Bertz CT molecular complexity index is 1210. The van der Waals surface area contributed by atoms with E-state index in [9.17, 15) is 9.90 Å². The number of carbonyl (C=O) groups excluding carboxylic acids is 1. The van der Waals surface area contributed by atoms with Crippen LogP contribution in [0.25, 0.3) is 10.9 Å². The summed E-state index contributed by atoms with van der Waals surface area (Å²) in [5.41, 5.74) is 4.17. The maximum Gasteiger partial charge on any atom is 0.251 e. The number of H-pyrrole nitrogens is 1. The number of rotatable bonds is 7. The SMILES string of the molecule is CCCCNC(=O)c1ccc2[nH]c(O)c(C(=Nc3ccccc3)c3ccccc3)c2c1. The van der Waals surface area contributed by atoms with Gasteiger partial charge in [0.05, 0.1) is 17.0 Å². The van der Waals surface area contributed by atoms with Crippen LogP contribution >= 0.6 is 0 Å². The fraction of sp³-hybridized carbons (Fsp3) is 0.154. The van der Waals surface area contributed by atoms with Crippen LogP contribution < -0.4 is 5.32 Å². The van der Waals surface area contributed by atoms with Crippen LogP contribution in [0.2, 0.25) is 0 Å². The van der Waals surface area contributed by atoms with Crippen molar-refractivity contribution >= 4 is 28.2 Å². The molecular formula is C26H25N3O2. The molecule has 1 heterocycles. The number of aromatic nitrogens is 1. The number of hydrogen-bond acceptors (Lipinski definition) is 3. The number of benzene rings is 3. The molecular weight excluding hydrogens is 386 g/mol. The van der Waals surface area contributed by atoms with Crippen molar-refractivity contribution in [2.24, 2.45) is 4.99 Å². The number of para-hydroxylation sites is 1. The molecule has 1 aromatic heterocycles. The average molecular weight is 412 g/mol. The Morgan fingerprint density at radius 3 is 2.39 bits per heavy atom. The number of nitrogens with one attached hydrogen (secondary N) is 2. The first kappa shape index (κ1) is 20.4. The summed E-state index contributed by atoms with van der Waals surface area (Å²) in [5, 5.41) is 14.5. The predicted molar refractivity (Wildman–Crippen MR) is 125 cm³/mol. The Labute approximate surface area is 181 Å². The minimum Gasteiger partial charge on any atom is -0.494 e. The number of aromatic hydroxyl groups is 1. The Kier molecular flexibility index (Phi) is 6.13. The largest absolute Gasteiger partial charge is 0.494 e. The first-order valence-electron chi connectivity index (χ1n) is 10.5. The summed E-state index contributed by atoms with van der Waals surface area (Å²) in [6, 6.07) is 24.8. The van der Waals surface area contributed by atoms with Gasteiger partial charge in [0.15, 0.2) is 5.88 Å². The molecule has 31 heavy (non-hydrogen) atoms. The fourth-order valence-electron chi connectivity index (χ4n) is 3.53. The minimum absolute atomic E-state index is 0.0251. The second-order valence-electron chi connectivity index (χ2n) is 7.38. The van der Waals surface area contributed by atoms with E-state index in [0.29, 0.717) is 23.4 Å². The third-order valence-corrected chi connectivity index (χ3v) is 5.14. The van der Waals surface area contributed by atoms with Gasteiger partial charge in [-0.05, 0) is 36.8 Å². The summed E-state index contributed by atoms with van der Waals surface area (Å²) in [4.78, 5) is 20.5. The highest BCUT2D eigenvalue weighted by Crippen LogP contribution is 2.32. The van der Waals surface area contributed by atoms with Crippen LogP contribution in [0.15, 0.2) is 83.9 Å². The molecule has 0 fully saturated rings. The second kappa shape index (κ2) is 9.30. The average Bonchev–Trinajstić information content (AvgIpc) is 3.13. The van der Waals surface area contributed by atoms with Crippen LogP contribution in [0.1, 0.15) is 41.3 Å². The summed E-state index contributed by atoms with van der Waals surface area (Å²) in [5.74, 6) is -0.0969. The molecule has 5 heteroatoms. The third-order valence-electron chi connectivity index (χ3n) is 5.14. The molecule has 0 atom stereocenters. The number of fused-ring (bicyclic) bond motifs is 1. The highest BCUT2D eigenvalue weighted by Gasteiger charge is 2.20. The summed E-state index contributed by atoms with van der Waals surface area (Å²) in [7, 11) is 0. The standard InChI is InChI=1S/C26H25N3O2/c1-2-3-16-27-25(30)19-14-15-22-21(17-19)23(26(31)29-22)24(18-10-6-4-7-11-18)28-20-12-8-5-9-13-20/h4-15,17,29,31H,2-3,16H2,1H3,(H,27,30). The highest BCUT2D eigenvalue weighted by molar-refractivity contribution is 6.22. The Hall–Kier alpha value is -3.86. The van der Waals surface area contributed by atoms with E-state index >= 15 is 0 Å². The normalized spacial score (nSPS) is 11.6. The van der Waals surface area contributed by atoms with Crippen LogP contribution in [-0.4, -0.2) is 28.3 Å². The zero-order valence-electron chi connectivity index (χ0n) is 17.4. The molecule has 0 saturated carbocycles. The van der Waals surface area contributed by atoms with Crippen molar-refractivity contribution < 1.29 is 9.90 Å². The zero-order chi connectivity index (χ0) is 21.6. The summed E-state index contributed by atoms with van der Waals surface area (Å²) in [6.45, 7) is 2.73. The fourth-order valence-corrected chi connectivity index (χ4v) is 3.53. The van der Waals surface area contributed by atoms with Gasteiger partial charge in [0.1, 0.15) is 0 Å². The Morgan fingerprint density at radius 1 is 0.968 bits per heavy atom. The Balaban J connectivity index is 1.85. The van der Waals surface area contributed by atoms with Gasteiger partial charge in [-0.1, -0.05) is 61.9 Å². The van der Waals surface area contributed by atoms with Crippen molar-refractivity contribution in [1.29, 1.82) is 0 Å². The molecule has 0 aliphatic carbocycles. The van der Waals surface area contributed by atoms with Gasteiger partial charge < -0.3 is 15.4 Å². The van der Waals surface area contributed by atoms with Crippen molar-refractivity contribution in [2.45, 2.75) is 19.8 Å². The van der Waals surface area contributed by atoms with E-state index in [2.05, 4.69) is 17.2 Å². The number of aliphatic imine (C=N–C) groups is 1. The molecule has 1 amide bonds. The smallest absolute Gasteiger partial charge is 0.251 e. The third kappa shape index (κ3) is 4.51. The van der Waals surface area contributed by atoms with Crippen LogP contribution in [0.3, 0.4) is 0 Å². The van der Waals surface area contributed by atoms with Crippen LogP contribution in [0, 0.1) is 0 Å². The molecule has 0 aliphatic rings. The lowest BCUT2D eigenvalue weighted by molar-refractivity contribution is 0.0953. The number of amides is 1. The molecule has 0 bridgehead atoms. The number of unbranched alkanes of at least 4 members (excludes halogenated alkanes) is 1. The summed E-state index contributed by atoms with van der Waals surface area (Å²) in [6.07, 6.45) is 1.96. The highest BCUT2D eigenvalue weighted by atomic mass is 16.3. The van der Waals surface area contributed by atoms with Gasteiger partial charge in [0.2, 0.25) is 0 Å². The zero-order valence-corrected chi connectivity index (χ0v) is 17.4. The quantitative estimate of drug-likeness (QED) is 0.274. The van der Waals surface area contributed by atoms with Gasteiger partial charge >= 0.3 is 0 Å². The van der Waals surface area contributed by atoms with Gasteiger partial charge in [0, 0.05) is 28.6 Å². The van der Waals surface area contributed by atoms with Gasteiger partial charge in [-0.25, -0.2) is 4.99 Å². The molecule has 0 radical (unpaired) electrons. The van der Waals surface area contributed by atoms with Crippen molar-refractivity contribution in [3.8, 4) is 5.88 Å². The first-order chi connectivity index (χ1) is 15.2. The second-order valence-corrected chi connectivity index (χ2v) is 7.38. The minimum atomic E-state index is -0.122. The topological polar surface area (TPSA) is 77.5 Å². The molecule has 0 aliphatic heterocycles. The van der Waals surface area contributed by atoms with E-state index in [1.807, 2.05) is 72.8 Å². The number of aromatic amines is 1. The molecule has 0 saturated heterocycles. The summed E-state index contributed by atoms with van der Waals surface area (Å²) < 4.78 is 0.